The number of halogens is 1. The van der Waals surface area contributed by atoms with E-state index in [0.717, 1.165) is 5.56 Å². The molecule has 0 aliphatic carbocycles. The summed E-state index contributed by atoms with van der Waals surface area (Å²) < 4.78 is 4.90. The average molecular weight is 299 g/mol. The molecule has 2 N–H and O–H groups in total. The lowest BCUT2D eigenvalue weighted by molar-refractivity contribution is -0.120. The molecule has 4 nitrogen and oxygen atoms in total. The van der Waals surface area contributed by atoms with Crippen molar-refractivity contribution in [1.82, 2.24) is 10.6 Å². The lowest BCUT2D eigenvalue weighted by atomic mass is 9.84. The minimum absolute atomic E-state index is 0.0174. The van der Waals surface area contributed by atoms with Gasteiger partial charge in [0.05, 0.1) is 13.2 Å². The van der Waals surface area contributed by atoms with Gasteiger partial charge in [0, 0.05) is 30.6 Å². The summed E-state index contributed by atoms with van der Waals surface area (Å²) in [6.07, 6.45) is 0. The van der Waals surface area contributed by atoms with E-state index in [9.17, 15) is 4.79 Å². The third-order valence-electron chi connectivity index (χ3n) is 3.10. The maximum Gasteiger partial charge on any atom is 0.233 e. The highest BCUT2D eigenvalue weighted by molar-refractivity contribution is 6.30. The van der Waals surface area contributed by atoms with E-state index in [2.05, 4.69) is 24.5 Å². The lowest BCUT2D eigenvalue weighted by Crippen LogP contribution is -2.41. The van der Waals surface area contributed by atoms with Gasteiger partial charge in [-0.25, -0.2) is 0 Å². The first-order valence-electron chi connectivity index (χ1n) is 6.68. The standard InChI is InChI=1S/C15H23ClN2O2/c1-15(2,12-5-4-6-13(16)9-12)11-18-14(19)10-17-7-8-20-3/h4-6,9,17H,7-8,10-11H2,1-3H3,(H,18,19). The number of hydrogen-bond acceptors (Lipinski definition) is 3. The van der Waals surface area contributed by atoms with Gasteiger partial charge in [0.25, 0.3) is 0 Å². The number of rotatable bonds is 8. The number of amides is 1. The summed E-state index contributed by atoms with van der Waals surface area (Å²) in [7, 11) is 1.63. The fourth-order valence-corrected chi connectivity index (χ4v) is 1.96. The molecule has 0 fully saturated rings. The van der Waals surface area contributed by atoms with Gasteiger partial charge in [-0.05, 0) is 17.7 Å². The Morgan fingerprint density at radius 1 is 1.40 bits per heavy atom. The van der Waals surface area contributed by atoms with Crippen LogP contribution in [0.2, 0.25) is 5.02 Å². The van der Waals surface area contributed by atoms with Crippen molar-refractivity contribution >= 4 is 17.5 Å². The molecule has 112 valence electrons. The minimum atomic E-state index is -0.160. The van der Waals surface area contributed by atoms with Crippen LogP contribution in [-0.2, 0) is 14.9 Å². The lowest BCUT2D eigenvalue weighted by Gasteiger charge is -2.26. The number of nitrogens with one attached hydrogen (secondary N) is 2. The van der Waals surface area contributed by atoms with Crippen molar-refractivity contribution in [2.24, 2.45) is 0 Å². The monoisotopic (exact) mass is 298 g/mol. The molecule has 0 unspecified atom stereocenters. The van der Waals surface area contributed by atoms with Crippen molar-refractivity contribution < 1.29 is 9.53 Å². The maximum absolute atomic E-state index is 11.7. The molecule has 1 aromatic rings. The molecule has 0 aliphatic heterocycles. The normalized spacial score (nSPS) is 11.4. The number of carbonyl (C=O) groups excluding carboxylic acids is 1. The Labute approximate surface area is 125 Å². The van der Waals surface area contributed by atoms with E-state index >= 15 is 0 Å². The van der Waals surface area contributed by atoms with E-state index < -0.39 is 0 Å². The molecule has 5 heteroatoms. The third kappa shape index (κ3) is 5.90. The second kappa shape index (κ2) is 8.25. The molecule has 20 heavy (non-hydrogen) atoms. The first-order chi connectivity index (χ1) is 9.45. The van der Waals surface area contributed by atoms with Crippen molar-refractivity contribution in [2.45, 2.75) is 19.3 Å². The van der Waals surface area contributed by atoms with E-state index in [1.807, 2.05) is 24.3 Å². The van der Waals surface area contributed by atoms with Gasteiger partial charge in [0.1, 0.15) is 0 Å². The molecule has 0 saturated carbocycles. The largest absolute Gasteiger partial charge is 0.383 e. The molecule has 1 amide bonds. The van der Waals surface area contributed by atoms with Gasteiger partial charge in [-0.2, -0.15) is 0 Å². The minimum Gasteiger partial charge on any atom is -0.383 e. The van der Waals surface area contributed by atoms with Crippen molar-refractivity contribution in [3.05, 3.63) is 34.9 Å². The molecular weight excluding hydrogens is 276 g/mol. The number of hydrogen-bond donors (Lipinski definition) is 2. The zero-order valence-electron chi connectivity index (χ0n) is 12.3. The van der Waals surface area contributed by atoms with Gasteiger partial charge in [-0.3, -0.25) is 4.79 Å². The maximum atomic E-state index is 11.7. The van der Waals surface area contributed by atoms with Crippen LogP contribution in [0.5, 0.6) is 0 Å². The molecule has 0 bridgehead atoms. The second-order valence-electron chi connectivity index (χ2n) is 5.34. The Bertz CT molecular complexity index is 436. The highest BCUT2D eigenvalue weighted by atomic mass is 35.5. The first kappa shape index (κ1) is 17.0. The van der Waals surface area contributed by atoms with Gasteiger partial charge >= 0.3 is 0 Å². The van der Waals surface area contributed by atoms with Crippen molar-refractivity contribution in [1.29, 1.82) is 0 Å². The van der Waals surface area contributed by atoms with Crippen molar-refractivity contribution in [3.8, 4) is 0 Å². The molecule has 0 aliphatic rings. The molecule has 0 spiro atoms. The van der Waals surface area contributed by atoms with Gasteiger partial charge in [-0.1, -0.05) is 37.6 Å². The molecule has 0 heterocycles. The average Bonchev–Trinajstić information content (AvgIpc) is 2.41. The van der Waals surface area contributed by atoms with Crippen LogP contribution in [0.1, 0.15) is 19.4 Å². The van der Waals surface area contributed by atoms with Crippen LogP contribution < -0.4 is 10.6 Å². The second-order valence-corrected chi connectivity index (χ2v) is 5.78. The molecule has 1 rings (SSSR count). The highest BCUT2D eigenvalue weighted by Crippen LogP contribution is 2.24. The van der Waals surface area contributed by atoms with Crippen molar-refractivity contribution in [2.75, 3.05) is 33.4 Å². The van der Waals surface area contributed by atoms with Crippen molar-refractivity contribution in [3.63, 3.8) is 0 Å². The smallest absolute Gasteiger partial charge is 0.233 e. The predicted molar refractivity (Wildman–Crippen MR) is 82.2 cm³/mol. The predicted octanol–water partition coefficient (Wildman–Crippen LogP) is 1.97. The summed E-state index contributed by atoms with van der Waals surface area (Å²) in [4.78, 5) is 11.7. The van der Waals surface area contributed by atoms with Crippen LogP contribution in [0.3, 0.4) is 0 Å². The SMILES string of the molecule is COCCNCC(=O)NCC(C)(C)c1cccc(Cl)c1. The van der Waals surface area contributed by atoms with E-state index in [1.165, 1.54) is 0 Å². The molecule has 0 radical (unpaired) electrons. The molecule has 0 atom stereocenters. The van der Waals surface area contributed by atoms with Gasteiger partial charge in [0.15, 0.2) is 0 Å². The Morgan fingerprint density at radius 3 is 2.80 bits per heavy atom. The van der Waals surface area contributed by atoms with Gasteiger partial charge in [0.2, 0.25) is 5.91 Å². The van der Waals surface area contributed by atoms with E-state index in [-0.39, 0.29) is 11.3 Å². The Balaban J connectivity index is 2.41. The van der Waals surface area contributed by atoms with Crippen LogP contribution in [0.25, 0.3) is 0 Å². The number of ether oxygens (including phenoxy) is 1. The van der Waals surface area contributed by atoms with Crippen LogP contribution in [0, 0.1) is 0 Å². The van der Waals surface area contributed by atoms with Gasteiger partial charge < -0.3 is 15.4 Å². The van der Waals surface area contributed by atoms with Crippen LogP contribution >= 0.6 is 11.6 Å². The van der Waals surface area contributed by atoms with E-state index in [0.29, 0.717) is 31.3 Å². The molecule has 1 aromatic carbocycles. The zero-order chi connectivity index (χ0) is 15.0. The van der Waals surface area contributed by atoms with Crippen LogP contribution in [0.15, 0.2) is 24.3 Å². The number of carbonyl (C=O) groups is 1. The third-order valence-corrected chi connectivity index (χ3v) is 3.34. The Hall–Kier alpha value is -1.10. The molecular formula is C15H23ClN2O2. The molecule has 0 aromatic heterocycles. The summed E-state index contributed by atoms with van der Waals surface area (Å²) in [5.41, 5.74) is 0.949. The number of benzene rings is 1. The fourth-order valence-electron chi connectivity index (χ4n) is 1.77. The van der Waals surface area contributed by atoms with Gasteiger partial charge in [-0.15, -0.1) is 0 Å². The van der Waals surface area contributed by atoms with E-state index in [4.69, 9.17) is 16.3 Å². The van der Waals surface area contributed by atoms with Crippen LogP contribution in [-0.4, -0.2) is 39.3 Å². The highest BCUT2D eigenvalue weighted by Gasteiger charge is 2.21. The Kier molecular flexibility index (Phi) is 6.99. The summed E-state index contributed by atoms with van der Waals surface area (Å²) >= 11 is 6.00. The van der Waals surface area contributed by atoms with Crippen LogP contribution in [0.4, 0.5) is 0 Å². The number of methoxy groups -OCH3 is 1. The first-order valence-corrected chi connectivity index (χ1v) is 7.06. The van der Waals surface area contributed by atoms with E-state index in [1.54, 1.807) is 7.11 Å². The topological polar surface area (TPSA) is 50.4 Å². The quantitative estimate of drug-likeness (QED) is 0.722. The zero-order valence-corrected chi connectivity index (χ0v) is 13.1. The Morgan fingerprint density at radius 2 is 2.15 bits per heavy atom. The summed E-state index contributed by atoms with van der Waals surface area (Å²) in [6.45, 7) is 6.30. The molecule has 0 saturated heterocycles. The summed E-state index contributed by atoms with van der Waals surface area (Å²) in [5, 5.41) is 6.66. The summed E-state index contributed by atoms with van der Waals surface area (Å²) in [6, 6.07) is 7.73. The summed E-state index contributed by atoms with van der Waals surface area (Å²) in [5.74, 6) is -0.0174. The fraction of sp³-hybridized carbons (Fsp3) is 0.533.